The van der Waals surface area contributed by atoms with E-state index in [1.807, 2.05) is 11.6 Å². The van der Waals surface area contributed by atoms with Gasteiger partial charge in [0.1, 0.15) is 5.82 Å². The Bertz CT molecular complexity index is 557. The monoisotopic (exact) mass is 304 g/mol. The van der Waals surface area contributed by atoms with Crippen molar-refractivity contribution in [1.29, 1.82) is 0 Å². The maximum absolute atomic E-state index is 12.9. The van der Waals surface area contributed by atoms with Crippen LogP contribution in [0.3, 0.4) is 0 Å². The lowest BCUT2D eigenvalue weighted by atomic mass is 10.2. The molecule has 6 heteroatoms. The Morgan fingerprint density at radius 3 is 2.83 bits per heavy atom. The third kappa shape index (κ3) is 2.99. The van der Waals surface area contributed by atoms with E-state index in [9.17, 15) is 4.39 Å². The third-order valence-corrected chi connectivity index (χ3v) is 4.27. The molecular weight excluding hydrogens is 294 g/mol. The molecule has 0 unspecified atom stereocenters. The summed E-state index contributed by atoms with van der Waals surface area (Å²) in [5.41, 5.74) is 1.85. The first-order valence-electron chi connectivity index (χ1n) is 5.25. The van der Waals surface area contributed by atoms with Crippen molar-refractivity contribution in [3.63, 3.8) is 0 Å². The number of imidazole rings is 1. The molecule has 0 fully saturated rings. The van der Waals surface area contributed by atoms with Crippen molar-refractivity contribution in [2.24, 2.45) is 7.05 Å². The molecule has 0 aliphatic heterocycles. The van der Waals surface area contributed by atoms with Gasteiger partial charge < -0.3 is 4.57 Å². The summed E-state index contributed by atoms with van der Waals surface area (Å²) in [5.74, 6) is 0.753. The van der Waals surface area contributed by atoms with Crippen LogP contribution in [0.5, 0.6) is 0 Å². The molecule has 0 amide bonds. The largest absolute Gasteiger partial charge is 0.325 e. The van der Waals surface area contributed by atoms with E-state index in [2.05, 4.69) is 4.98 Å². The average Bonchev–Trinajstić information content (AvgIpc) is 2.69. The minimum atomic E-state index is -0.324. The molecular formula is C12H11Cl2FN2S. The van der Waals surface area contributed by atoms with Gasteiger partial charge in [0.05, 0.1) is 17.8 Å². The zero-order valence-corrected chi connectivity index (χ0v) is 12.0. The first kappa shape index (κ1) is 13.7. The van der Waals surface area contributed by atoms with Crippen LogP contribution in [0.1, 0.15) is 11.3 Å². The number of hydrogen-bond acceptors (Lipinski definition) is 2. The van der Waals surface area contributed by atoms with E-state index in [1.165, 1.54) is 12.1 Å². The Morgan fingerprint density at radius 1 is 1.44 bits per heavy atom. The molecule has 96 valence electrons. The second-order valence-corrected chi connectivity index (χ2v) is 5.37. The van der Waals surface area contributed by atoms with Crippen molar-refractivity contribution in [1.82, 2.24) is 9.55 Å². The smallest absolute Gasteiger partial charge is 0.168 e. The summed E-state index contributed by atoms with van der Waals surface area (Å²) in [6.07, 6.45) is 1.75. The van der Waals surface area contributed by atoms with Gasteiger partial charge in [0.25, 0.3) is 0 Å². The first-order valence-corrected chi connectivity index (χ1v) is 7.15. The van der Waals surface area contributed by atoms with Crippen molar-refractivity contribution < 1.29 is 4.39 Å². The Labute approximate surface area is 119 Å². The second-order valence-electron chi connectivity index (χ2n) is 3.75. The maximum atomic E-state index is 12.9. The highest BCUT2D eigenvalue weighted by Gasteiger charge is 2.08. The van der Waals surface area contributed by atoms with E-state index in [0.29, 0.717) is 16.7 Å². The number of rotatable bonds is 4. The van der Waals surface area contributed by atoms with Crippen LogP contribution < -0.4 is 0 Å². The van der Waals surface area contributed by atoms with Gasteiger partial charge in [-0.2, -0.15) is 0 Å². The van der Waals surface area contributed by atoms with Gasteiger partial charge in [-0.25, -0.2) is 9.37 Å². The van der Waals surface area contributed by atoms with Crippen molar-refractivity contribution in [3.05, 3.63) is 46.5 Å². The number of hydrogen-bond donors (Lipinski definition) is 0. The van der Waals surface area contributed by atoms with Crippen LogP contribution in [-0.4, -0.2) is 9.55 Å². The van der Waals surface area contributed by atoms with Gasteiger partial charge in [-0.3, -0.25) is 0 Å². The van der Waals surface area contributed by atoms with E-state index in [1.54, 1.807) is 24.0 Å². The van der Waals surface area contributed by atoms with Gasteiger partial charge in [0.15, 0.2) is 5.16 Å². The molecule has 0 saturated carbocycles. The predicted octanol–water partition coefficient (Wildman–Crippen LogP) is 4.24. The topological polar surface area (TPSA) is 17.8 Å². The van der Waals surface area contributed by atoms with Crippen molar-refractivity contribution in [3.8, 4) is 0 Å². The molecule has 2 aromatic rings. The number of nitrogens with zero attached hydrogens (tertiary/aromatic N) is 2. The van der Waals surface area contributed by atoms with Crippen LogP contribution in [0.4, 0.5) is 4.39 Å². The van der Waals surface area contributed by atoms with E-state index < -0.39 is 0 Å². The van der Waals surface area contributed by atoms with Gasteiger partial charge in [0, 0.05) is 17.8 Å². The van der Waals surface area contributed by atoms with Crippen LogP contribution in [0.25, 0.3) is 0 Å². The fourth-order valence-electron chi connectivity index (χ4n) is 1.47. The number of aromatic nitrogens is 2. The summed E-state index contributed by atoms with van der Waals surface area (Å²) >= 11 is 13.3. The second kappa shape index (κ2) is 5.95. The standard InChI is InChI=1S/C12H11Cl2FN2S/c1-17-10(5-13)6-16-12(17)18-7-8-2-3-9(15)4-11(8)14/h2-4,6H,5,7H2,1H3. The van der Waals surface area contributed by atoms with Crippen LogP contribution >= 0.6 is 35.0 Å². The fraction of sp³-hybridized carbons (Fsp3) is 0.250. The molecule has 0 spiro atoms. The molecule has 0 N–H and O–H groups in total. The van der Waals surface area contributed by atoms with Gasteiger partial charge in [-0.05, 0) is 17.7 Å². The number of halogens is 3. The van der Waals surface area contributed by atoms with E-state index in [0.717, 1.165) is 16.4 Å². The summed E-state index contributed by atoms with van der Waals surface area (Å²) in [6.45, 7) is 0. The van der Waals surface area contributed by atoms with Gasteiger partial charge in [-0.1, -0.05) is 29.4 Å². The molecule has 0 atom stereocenters. The maximum Gasteiger partial charge on any atom is 0.168 e. The molecule has 18 heavy (non-hydrogen) atoms. The molecule has 1 heterocycles. The molecule has 0 saturated heterocycles. The van der Waals surface area contributed by atoms with Crippen molar-refractivity contribution in [2.75, 3.05) is 0 Å². The highest BCUT2D eigenvalue weighted by Crippen LogP contribution is 2.26. The summed E-state index contributed by atoms with van der Waals surface area (Å²) in [4.78, 5) is 4.27. The van der Waals surface area contributed by atoms with Gasteiger partial charge >= 0.3 is 0 Å². The molecule has 2 nitrogen and oxygen atoms in total. The minimum Gasteiger partial charge on any atom is -0.325 e. The lowest BCUT2D eigenvalue weighted by Gasteiger charge is -2.05. The summed E-state index contributed by atoms with van der Waals surface area (Å²) < 4.78 is 14.8. The molecule has 2 rings (SSSR count). The third-order valence-electron chi connectivity index (χ3n) is 2.55. The lowest BCUT2D eigenvalue weighted by Crippen LogP contribution is -1.96. The van der Waals surface area contributed by atoms with Gasteiger partial charge in [0.2, 0.25) is 0 Å². The summed E-state index contributed by atoms with van der Waals surface area (Å²) in [7, 11) is 1.92. The molecule has 1 aromatic carbocycles. The molecule has 0 aliphatic rings. The van der Waals surface area contributed by atoms with Crippen LogP contribution in [0.15, 0.2) is 29.6 Å². The Balaban J connectivity index is 2.09. The number of benzene rings is 1. The van der Waals surface area contributed by atoms with Crippen molar-refractivity contribution >= 4 is 35.0 Å². The minimum absolute atomic E-state index is 0.324. The van der Waals surface area contributed by atoms with Crippen LogP contribution in [0, 0.1) is 5.82 Å². The van der Waals surface area contributed by atoms with Crippen molar-refractivity contribution in [2.45, 2.75) is 16.8 Å². The zero-order valence-electron chi connectivity index (χ0n) is 9.66. The number of alkyl halides is 1. The van der Waals surface area contributed by atoms with E-state index in [-0.39, 0.29) is 5.82 Å². The molecule has 0 bridgehead atoms. The molecule has 0 aliphatic carbocycles. The summed E-state index contributed by atoms with van der Waals surface area (Å²) in [5, 5.41) is 1.31. The predicted molar refractivity (Wildman–Crippen MR) is 73.7 cm³/mol. The lowest BCUT2D eigenvalue weighted by molar-refractivity contribution is 0.627. The SMILES string of the molecule is Cn1c(CCl)cnc1SCc1ccc(F)cc1Cl. The normalized spacial score (nSPS) is 10.9. The quantitative estimate of drug-likeness (QED) is 0.621. The van der Waals surface area contributed by atoms with Crippen LogP contribution in [-0.2, 0) is 18.7 Å². The fourth-order valence-corrected chi connectivity index (χ4v) is 3.00. The molecule has 0 radical (unpaired) electrons. The Hall–Kier alpha value is -0.710. The Morgan fingerprint density at radius 2 is 2.22 bits per heavy atom. The average molecular weight is 305 g/mol. The van der Waals surface area contributed by atoms with E-state index >= 15 is 0 Å². The Kier molecular flexibility index (Phi) is 4.54. The number of thioether (sulfide) groups is 1. The molecule has 1 aromatic heterocycles. The van der Waals surface area contributed by atoms with Gasteiger partial charge in [-0.15, -0.1) is 11.6 Å². The van der Waals surface area contributed by atoms with Crippen LogP contribution in [0.2, 0.25) is 5.02 Å². The first-order chi connectivity index (χ1) is 8.61. The highest BCUT2D eigenvalue weighted by molar-refractivity contribution is 7.98. The summed E-state index contributed by atoms with van der Waals surface area (Å²) in [6, 6.07) is 4.42. The zero-order chi connectivity index (χ0) is 13.1. The van der Waals surface area contributed by atoms with E-state index in [4.69, 9.17) is 23.2 Å². The highest BCUT2D eigenvalue weighted by atomic mass is 35.5.